The van der Waals surface area contributed by atoms with Crippen LogP contribution in [0, 0.1) is 5.92 Å². The van der Waals surface area contributed by atoms with E-state index in [4.69, 9.17) is 5.11 Å². The molecule has 2 atom stereocenters. The van der Waals surface area contributed by atoms with Crippen molar-refractivity contribution in [2.24, 2.45) is 13.0 Å². The third kappa shape index (κ3) is 3.32. The molecule has 1 heterocycles. The van der Waals surface area contributed by atoms with Crippen molar-refractivity contribution >= 4 is 5.97 Å². The molecule has 0 amide bonds. The number of carboxylic acids is 1. The average molecular weight is 254 g/mol. The summed E-state index contributed by atoms with van der Waals surface area (Å²) in [6.45, 7) is 7.80. The molecule has 1 aromatic heterocycles. The topological polar surface area (TPSA) is 75.3 Å². The van der Waals surface area contributed by atoms with Crippen LogP contribution in [0.25, 0.3) is 0 Å². The fourth-order valence-corrected chi connectivity index (χ4v) is 2.00. The van der Waals surface area contributed by atoms with Crippen LogP contribution in [0.4, 0.5) is 0 Å². The Labute approximate surface area is 107 Å². The molecular formula is C13H22N2O3. The largest absolute Gasteiger partial charge is 0.481 e. The normalized spacial score (nSPS) is 15.4. The summed E-state index contributed by atoms with van der Waals surface area (Å²) in [6.07, 6.45) is 0.910. The van der Waals surface area contributed by atoms with Crippen LogP contribution >= 0.6 is 0 Å². The summed E-state index contributed by atoms with van der Waals surface area (Å²) in [4.78, 5) is 10.7. The van der Waals surface area contributed by atoms with E-state index in [0.29, 0.717) is 0 Å². The molecule has 0 fully saturated rings. The molecule has 18 heavy (non-hydrogen) atoms. The summed E-state index contributed by atoms with van der Waals surface area (Å²) in [5.74, 6) is -1.24. The number of aryl methyl sites for hydroxylation is 1. The van der Waals surface area contributed by atoms with Gasteiger partial charge in [-0.1, -0.05) is 27.7 Å². The lowest BCUT2D eigenvalue weighted by atomic mass is 9.85. The number of aliphatic hydroxyl groups excluding tert-OH is 1. The van der Waals surface area contributed by atoms with Crippen molar-refractivity contribution in [1.82, 2.24) is 9.78 Å². The van der Waals surface area contributed by atoms with Crippen LogP contribution in [-0.2, 0) is 17.3 Å². The van der Waals surface area contributed by atoms with Crippen LogP contribution in [0.15, 0.2) is 6.20 Å². The van der Waals surface area contributed by atoms with Gasteiger partial charge in [-0.3, -0.25) is 9.48 Å². The van der Waals surface area contributed by atoms with Crippen molar-refractivity contribution in [2.45, 2.75) is 45.6 Å². The van der Waals surface area contributed by atoms with Crippen LogP contribution in [0.1, 0.15) is 51.5 Å². The summed E-state index contributed by atoms with van der Waals surface area (Å²) in [5, 5.41) is 23.4. The highest BCUT2D eigenvalue weighted by Crippen LogP contribution is 2.32. The average Bonchev–Trinajstić information content (AvgIpc) is 2.57. The zero-order valence-corrected chi connectivity index (χ0v) is 11.6. The number of hydrogen-bond donors (Lipinski definition) is 2. The van der Waals surface area contributed by atoms with Gasteiger partial charge in [0.15, 0.2) is 0 Å². The van der Waals surface area contributed by atoms with E-state index in [1.807, 2.05) is 20.8 Å². The molecule has 0 aliphatic rings. The summed E-state index contributed by atoms with van der Waals surface area (Å²) >= 11 is 0. The van der Waals surface area contributed by atoms with Crippen LogP contribution in [0.3, 0.4) is 0 Å². The second kappa shape index (κ2) is 5.10. The van der Waals surface area contributed by atoms with E-state index >= 15 is 0 Å². The Morgan fingerprint density at radius 3 is 2.50 bits per heavy atom. The summed E-state index contributed by atoms with van der Waals surface area (Å²) in [6, 6.07) is 0. The first kappa shape index (κ1) is 14.7. The fraction of sp³-hybridized carbons (Fsp3) is 0.692. The van der Waals surface area contributed by atoms with Gasteiger partial charge in [-0.15, -0.1) is 0 Å². The zero-order chi connectivity index (χ0) is 14.1. The maximum atomic E-state index is 10.7. The molecule has 0 radical (unpaired) electrons. The molecule has 0 aliphatic carbocycles. The lowest BCUT2D eigenvalue weighted by molar-refractivity contribution is -0.139. The van der Waals surface area contributed by atoms with E-state index in [1.165, 1.54) is 0 Å². The minimum absolute atomic E-state index is 0.0559. The third-order valence-corrected chi connectivity index (χ3v) is 2.92. The summed E-state index contributed by atoms with van der Waals surface area (Å²) in [7, 11) is 1.80. The number of carbonyl (C=O) groups is 1. The van der Waals surface area contributed by atoms with Gasteiger partial charge in [-0.05, 0) is 5.92 Å². The molecule has 0 saturated heterocycles. The number of aliphatic hydroxyl groups is 1. The Balaban J connectivity index is 3.05. The number of hydrogen-bond acceptors (Lipinski definition) is 3. The third-order valence-electron chi connectivity index (χ3n) is 2.92. The highest BCUT2D eigenvalue weighted by atomic mass is 16.4. The van der Waals surface area contributed by atoms with E-state index in [1.54, 1.807) is 24.9 Å². The molecule has 0 spiro atoms. The molecule has 5 nitrogen and oxygen atoms in total. The molecular weight excluding hydrogens is 232 g/mol. The molecule has 0 aliphatic heterocycles. The van der Waals surface area contributed by atoms with E-state index in [-0.39, 0.29) is 17.8 Å². The molecule has 0 aromatic carbocycles. The number of aliphatic carboxylic acids is 1. The molecule has 2 unspecified atom stereocenters. The van der Waals surface area contributed by atoms with Gasteiger partial charge < -0.3 is 10.2 Å². The summed E-state index contributed by atoms with van der Waals surface area (Å²) < 4.78 is 1.66. The van der Waals surface area contributed by atoms with Crippen LogP contribution in [0.2, 0.25) is 0 Å². The highest BCUT2D eigenvalue weighted by Gasteiger charge is 2.29. The monoisotopic (exact) mass is 254 g/mol. The van der Waals surface area contributed by atoms with Gasteiger partial charge in [0, 0.05) is 24.2 Å². The van der Waals surface area contributed by atoms with E-state index in [9.17, 15) is 9.90 Å². The first-order chi connectivity index (χ1) is 8.12. The second-order valence-electron chi connectivity index (χ2n) is 5.88. The number of aromatic nitrogens is 2. The molecule has 0 saturated carbocycles. The second-order valence-corrected chi connectivity index (χ2v) is 5.88. The lowest BCUT2D eigenvalue weighted by Crippen LogP contribution is -2.19. The maximum absolute atomic E-state index is 10.7. The Bertz CT molecular complexity index is 432. The SMILES string of the molecule is CC(CC(=O)O)C(O)c1cn(C)nc1C(C)(C)C. The number of rotatable bonds is 4. The van der Waals surface area contributed by atoms with Gasteiger partial charge >= 0.3 is 5.97 Å². The molecule has 102 valence electrons. The standard InChI is InChI=1S/C13H22N2O3/c1-8(6-10(16)17)11(18)9-7-15(5)14-12(9)13(2,3)4/h7-8,11,18H,6H2,1-5H3,(H,16,17). The van der Waals surface area contributed by atoms with Gasteiger partial charge in [0.05, 0.1) is 18.2 Å². The predicted octanol–water partition coefficient (Wildman–Crippen LogP) is 1.86. The van der Waals surface area contributed by atoms with Crippen molar-refractivity contribution < 1.29 is 15.0 Å². The van der Waals surface area contributed by atoms with Crippen molar-refractivity contribution in [1.29, 1.82) is 0 Å². The lowest BCUT2D eigenvalue weighted by Gasteiger charge is -2.22. The minimum atomic E-state index is -0.900. The predicted molar refractivity (Wildman–Crippen MR) is 68.3 cm³/mol. The van der Waals surface area contributed by atoms with Gasteiger partial charge in [-0.2, -0.15) is 5.10 Å². The van der Waals surface area contributed by atoms with Crippen molar-refractivity contribution in [3.8, 4) is 0 Å². The van der Waals surface area contributed by atoms with E-state index < -0.39 is 12.1 Å². The van der Waals surface area contributed by atoms with Crippen molar-refractivity contribution in [3.05, 3.63) is 17.5 Å². The van der Waals surface area contributed by atoms with Crippen LogP contribution < -0.4 is 0 Å². The Morgan fingerprint density at radius 1 is 1.50 bits per heavy atom. The Hall–Kier alpha value is -1.36. The Kier molecular flexibility index (Phi) is 4.16. The quantitative estimate of drug-likeness (QED) is 0.860. The van der Waals surface area contributed by atoms with Crippen LogP contribution in [-0.4, -0.2) is 26.0 Å². The van der Waals surface area contributed by atoms with Gasteiger partial charge in [0.25, 0.3) is 0 Å². The molecule has 5 heteroatoms. The summed E-state index contributed by atoms with van der Waals surface area (Å²) in [5.41, 5.74) is 1.36. The van der Waals surface area contributed by atoms with E-state index in [2.05, 4.69) is 5.10 Å². The van der Waals surface area contributed by atoms with Gasteiger partial charge in [0.2, 0.25) is 0 Å². The molecule has 1 aromatic rings. The minimum Gasteiger partial charge on any atom is -0.481 e. The van der Waals surface area contributed by atoms with Gasteiger partial charge in [0.1, 0.15) is 0 Å². The Morgan fingerprint density at radius 2 is 2.06 bits per heavy atom. The van der Waals surface area contributed by atoms with E-state index in [0.717, 1.165) is 11.3 Å². The number of nitrogens with zero attached hydrogens (tertiary/aromatic N) is 2. The van der Waals surface area contributed by atoms with Crippen molar-refractivity contribution in [3.63, 3.8) is 0 Å². The highest BCUT2D eigenvalue weighted by molar-refractivity contribution is 5.67. The number of carboxylic acid groups (broad SMARTS) is 1. The fourth-order valence-electron chi connectivity index (χ4n) is 2.00. The molecule has 0 bridgehead atoms. The maximum Gasteiger partial charge on any atom is 0.303 e. The first-order valence-electron chi connectivity index (χ1n) is 6.06. The smallest absolute Gasteiger partial charge is 0.303 e. The van der Waals surface area contributed by atoms with Gasteiger partial charge in [-0.25, -0.2) is 0 Å². The zero-order valence-electron chi connectivity index (χ0n) is 11.6. The molecule has 2 N–H and O–H groups in total. The first-order valence-corrected chi connectivity index (χ1v) is 6.06. The molecule has 1 rings (SSSR count). The van der Waals surface area contributed by atoms with Crippen molar-refractivity contribution in [2.75, 3.05) is 0 Å². The van der Waals surface area contributed by atoms with Crippen LogP contribution in [0.5, 0.6) is 0 Å².